The fourth-order valence-electron chi connectivity index (χ4n) is 2.80. The van der Waals surface area contributed by atoms with Gasteiger partial charge in [-0.05, 0) is 42.2 Å². The highest BCUT2D eigenvalue weighted by atomic mass is 32.2. The molecule has 0 aliphatic heterocycles. The number of hydrogen-bond acceptors (Lipinski definition) is 3. The molecular weight excluding hydrogens is 344 g/mol. The van der Waals surface area contributed by atoms with E-state index in [0.29, 0.717) is 12.1 Å². The van der Waals surface area contributed by atoms with Gasteiger partial charge in [0.25, 0.3) is 0 Å². The minimum atomic E-state index is -3.70. The van der Waals surface area contributed by atoms with Crippen molar-refractivity contribution in [3.63, 3.8) is 0 Å². The second kappa shape index (κ2) is 7.72. The molecule has 4 nitrogen and oxygen atoms in total. The number of rotatable bonds is 6. The summed E-state index contributed by atoms with van der Waals surface area (Å²) in [6.07, 6.45) is 0.561. The monoisotopic (exact) mass is 366 g/mol. The van der Waals surface area contributed by atoms with Gasteiger partial charge in [0, 0.05) is 5.69 Å². The Balaban J connectivity index is 1.93. The van der Waals surface area contributed by atoms with E-state index in [4.69, 9.17) is 5.73 Å². The third-order valence-electron chi connectivity index (χ3n) is 4.34. The first-order chi connectivity index (χ1) is 12.5. The van der Waals surface area contributed by atoms with Crippen molar-refractivity contribution in [3.05, 3.63) is 95.6 Å². The van der Waals surface area contributed by atoms with Crippen LogP contribution in [0.1, 0.15) is 22.7 Å². The zero-order valence-corrected chi connectivity index (χ0v) is 15.4. The van der Waals surface area contributed by atoms with Gasteiger partial charge in [-0.15, -0.1) is 0 Å². The van der Waals surface area contributed by atoms with E-state index in [1.807, 2.05) is 67.6 Å². The molecule has 3 aromatic carbocycles. The van der Waals surface area contributed by atoms with E-state index >= 15 is 0 Å². The van der Waals surface area contributed by atoms with Crippen LogP contribution in [0.4, 0.5) is 5.69 Å². The summed E-state index contributed by atoms with van der Waals surface area (Å²) < 4.78 is 28.6. The van der Waals surface area contributed by atoms with Crippen LogP contribution in [0, 0.1) is 6.92 Å². The number of hydrogen-bond donors (Lipinski definition) is 2. The van der Waals surface area contributed by atoms with Crippen LogP contribution in [0.15, 0.2) is 83.8 Å². The topological polar surface area (TPSA) is 72.2 Å². The smallest absolute Gasteiger partial charge is 0.241 e. The molecule has 3 aromatic rings. The zero-order chi connectivity index (χ0) is 18.6. The summed E-state index contributed by atoms with van der Waals surface area (Å²) in [7, 11) is -3.70. The maximum absolute atomic E-state index is 12.9. The average Bonchev–Trinajstić information content (AvgIpc) is 2.65. The maximum atomic E-state index is 12.9. The quantitative estimate of drug-likeness (QED) is 0.651. The molecule has 3 rings (SSSR count). The van der Waals surface area contributed by atoms with Crippen LogP contribution >= 0.6 is 0 Å². The first-order valence-electron chi connectivity index (χ1n) is 8.43. The van der Waals surface area contributed by atoms with Crippen LogP contribution in [-0.2, 0) is 16.4 Å². The second-order valence-electron chi connectivity index (χ2n) is 6.29. The highest BCUT2D eigenvalue weighted by molar-refractivity contribution is 7.89. The minimum absolute atomic E-state index is 0.176. The number of nitrogens with two attached hydrogens (primary N) is 1. The summed E-state index contributed by atoms with van der Waals surface area (Å²) >= 11 is 0. The molecule has 0 aliphatic carbocycles. The van der Waals surface area contributed by atoms with Crippen molar-refractivity contribution >= 4 is 15.7 Å². The molecule has 0 heterocycles. The minimum Gasteiger partial charge on any atom is -0.398 e. The van der Waals surface area contributed by atoms with Crippen molar-refractivity contribution in [2.24, 2.45) is 0 Å². The Morgan fingerprint density at radius 3 is 2.15 bits per heavy atom. The van der Waals surface area contributed by atoms with Crippen molar-refractivity contribution in [1.29, 1.82) is 0 Å². The molecule has 0 aliphatic rings. The molecule has 0 saturated heterocycles. The van der Waals surface area contributed by atoms with Gasteiger partial charge >= 0.3 is 0 Å². The Labute approximate surface area is 154 Å². The molecule has 0 amide bonds. The zero-order valence-electron chi connectivity index (χ0n) is 14.6. The van der Waals surface area contributed by atoms with Gasteiger partial charge in [0.15, 0.2) is 0 Å². The maximum Gasteiger partial charge on any atom is 0.241 e. The van der Waals surface area contributed by atoms with Gasteiger partial charge < -0.3 is 5.73 Å². The van der Waals surface area contributed by atoms with Crippen molar-refractivity contribution in [1.82, 2.24) is 4.72 Å². The Hall–Kier alpha value is -2.63. The van der Waals surface area contributed by atoms with Crippen LogP contribution in [0.5, 0.6) is 0 Å². The highest BCUT2D eigenvalue weighted by Gasteiger charge is 2.22. The fraction of sp³-hybridized carbons (Fsp3) is 0.143. The van der Waals surface area contributed by atoms with Gasteiger partial charge in [-0.25, -0.2) is 13.1 Å². The molecule has 0 saturated carbocycles. The highest BCUT2D eigenvalue weighted by Crippen LogP contribution is 2.23. The summed E-state index contributed by atoms with van der Waals surface area (Å²) in [6, 6.07) is 23.9. The molecule has 5 heteroatoms. The van der Waals surface area contributed by atoms with Gasteiger partial charge in [-0.2, -0.15) is 0 Å². The van der Waals surface area contributed by atoms with Gasteiger partial charge in [0.05, 0.1) is 10.9 Å². The summed E-state index contributed by atoms with van der Waals surface area (Å²) in [4.78, 5) is 0.176. The third kappa shape index (κ3) is 4.31. The standard InChI is InChI=1S/C21H22N2O2S/c1-16-12-13-19(15-20(16)22)26(24,25)23-21(18-10-6-3-7-11-18)14-17-8-4-2-5-9-17/h2-13,15,21,23H,14,22H2,1H3. The van der Waals surface area contributed by atoms with E-state index in [-0.39, 0.29) is 10.9 Å². The predicted octanol–water partition coefficient (Wildman–Crippen LogP) is 3.84. The molecule has 1 unspecified atom stereocenters. The van der Waals surface area contributed by atoms with Crippen LogP contribution in [0.3, 0.4) is 0 Å². The van der Waals surface area contributed by atoms with Gasteiger partial charge in [-0.3, -0.25) is 0 Å². The van der Waals surface area contributed by atoms with Crippen LogP contribution < -0.4 is 10.5 Å². The molecule has 134 valence electrons. The van der Waals surface area contributed by atoms with Crippen molar-refractivity contribution < 1.29 is 8.42 Å². The van der Waals surface area contributed by atoms with E-state index < -0.39 is 10.0 Å². The number of nitrogen functional groups attached to an aromatic ring is 1. The molecule has 0 spiro atoms. The molecule has 0 aromatic heterocycles. The van der Waals surface area contributed by atoms with Gasteiger partial charge in [0.2, 0.25) is 10.0 Å². The Morgan fingerprint density at radius 2 is 1.54 bits per heavy atom. The SMILES string of the molecule is Cc1ccc(S(=O)(=O)NC(Cc2ccccc2)c2ccccc2)cc1N. The van der Waals surface area contributed by atoms with E-state index in [1.54, 1.807) is 12.1 Å². The molecule has 0 fully saturated rings. The summed E-state index contributed by atoms with van der Waals surface area (Å²) in [6.45, 7) is 1.85. The normalized spacial score (nSPS) is 12.7. The van der Waals surface area contributed by atoms with Gasteiger partial charge in [0.1, 0.15) is 0 Å². The lowest BCUT2D eigenvalue weighted by atomic mass is 10.00. The van der Waals surface area contributed by atoms with E-state index in [9.17, 15) is 8.42 Å². The van der Waals surface area contributed by atoms with Crippen LogP contribution in [0.2, 0.25) is 0 Å². The summed E-state index contributed by atoms with van der Waals surface area (Å²) in [5, 5.41) is 0. The number of benzene rings is 3. The summed E-state index contributed by atoms with van der Waals surface area (Å²) in [5.41, 5.74) is 9.19. The lowest BCUT2D eigenvalue weighted by Crippen LogP contribution is -2.30. The Kier molecular flexibility index (Phi) is 5.40. The van der Waals surface area contributed by atoms with Crippen LogP contribution in [0.25, 0.3) is 0 Å². The van der Waals surface area contributed by atoms with E-state index in [2.05, 4.69) is 4.72 Å². The first kappa shape index (κ1) is 18.2. The largest absolute Gasteiger partial charge is 0.398 e. The molecule has 1 atom stereocenters. The molecule has 0 bridgehead atoms. The number of nitrogens with one attached hydrogen (secondary N) is 1. The second-order valence-corrected chi connectivity index (χ2v) is 8.01. The average molecular weight is 366 g/mol. The molecule has 3 N–H and O–H groups in total. The van der Waals surface area contributed by atoms with E-state index in [1.165, 1.54) is 6.07 Å². The first-order valence-corrected chi connectivity index (χ1v) is 9.91. The third-order valence-corrected chi connectivity index (χ3v) is 5.81. The predicted molar refractivity (Wildman–Crippen MR) is 105 cm³/mol. The summed E-state index contributed by atoms with van der Waals surface area (Å²) in [5.74, 6) is 0. The lowest BCUT2D eigenvalue weighted by Gasteiger charge is -2.20. The fourth-order valence-corrected chi connectivity index (χ4v) is 4.06. The number of anilines is 1. The lowest BCUT2D eigenvalue weighted by molar-refractivity contribution is 0.555. The molecule has 26 heavy (non-hydrogen) atoms. The van der Waals surface area contributed by atoms with Gasteiger partial charge in [-0.1, -0.05) is 66.7 Å². The van der Waals surface area contributed by atoms with E-state index in [0.717, 1.165) is 16.7 Å². The van der Waals surface area contributed by atoms with Crippen molar-refractivity contribution in [2.45, 2.75) is 24.3 Å². The van der Waals surface area contributed by atoms with Crippen LogP contribution in [-0.4, -0.2) is 8.42 Å². The molecule has 0 radical (unpaired) electrons. The van der Waals surface area contributed by atoms with Crippen molar-refractivity contribution in [2.75, 3.05) is 5.73 Å². The number of sulfonamides is 1. The Morgan fingerprint density at radius 1 is 0.923 bits per heavy atom. The number of aryl methyl sites for hydroxylation is 1. The Bertz CT molecular complexity index is 971. The molecular formula is C21H22N2O2S. The van der Waals surface area contributed by atoms with Crippen molar-refractivity contribution in [3.8, 4) is 0 Å².